The number of aliphatic hydroxyl groups is 2. The van der Waals surface area contributed by atoms with Crippen LogP contribution in [0.25, 0.3) is 0 Å². The average Bonchev–Trinajstić information content (AvgIpc) is 2.89. The molecule has 0 fully saturated rings. The van der Waals surface area contributed by atoms with Crippen LogP contribution < -0.4 is 0 Å². The largest absolute Gasteiger partial charge is 0.388 e. The maximum atomic E-state index is 11.2. The second-order valence-electron chi connectivity index (χ2n) is 7.92. The third kappa shape index (κ3) is 9.40. The Kier molecular flexibility index (Phi) is 13.3. The molecule has 190 valence electrons. The fourth-order valence-electron chi connectivity index (χ4n) is 3.56. The Morgan fingerprint density at radius 2 is 0.882 bits per heavy atom. The predicted molar refractivity (Wildman–Crippen MR) is 127 cm³/mol. The van der Waals surface area contributed by atoms with Crippen LogP contribution in [0.1, 0.15) is 24.0 Å². The van der Waals surface area contributed by atoms with Gasteiger partial charge in [-0.2, -0.15) is 0 Å². The zero-order chi connectivity index (χ0) is 24.8. The Morgan fingerprint density at radius 1 is 0.559 bits per heavy atom. The number of rotatable bonds is 17. The van der Waals surface area contributed by atoms with E-state index in [1.807, 2.05) is 60.7 Å². The molecule has 8 heteroatoms. The van der Waals surface area contributed by atoms with Crippen molar-refractivity contribution in [1.29, 1.82) is 0 Å². The minimum atomic E-state index is -1.29. The first-order valence-electron chi connectivity index (χ1n) is 11.3. The summed E-state index contributed by atoms with van der Waals surface area (Å²) in [5.41, 5.74) is 1.88. The first-order chi connectivity index (χ1) is 16.5. The molecule has 0 bridgehead atoms. The third-order valence-corrected chi connectivity index (χ3v) is 5.63. The quantitative estimate of drug-likeness (QED) is 0.335. The first-order valence-corrected chi connectivity index (χ1v) is 11.3. The summed E-state index contributed by atoms with van der Waals surface area (Å²) in [4.78, 5) is 0. The van der Waals surface area contributed by atoms with Crippen molar-refractivity contribution in [3.63, 3.8) is 0 Å². The third-order valence-electron chi connectivity index (χ3n) is 5.63. The van der Waals surface area contributed by atoms with Crippen LogP contribution in [0.15, 0.2) is 60.7 Å². The maximum absolute atomic E-state index is 11.2. The van der Waals surface area contributed by atoms with Crippen LogP contribution in [-0.2, 0) is 41.6 Å². The molecule has 0 spiro atoms. The zero-order valence-electron chi connectivity index (χ0n) is 20.4. The van der Waals surface area contributed by atoms with Crippen molar-refractivity contribution >= 4 is 0 Å². The number of aliphatic hydroxyl groups excluding tert-OH is 2. The van der Waals surface area contributed by atoms with Crippen molar-refractivity contribution in [2.75, 3.05) is 28.4 Å². The van der Waals surface area contributed by atoms with E-state index in [0.717, 1.165) is 11.1 Å². The van der Waals surface area contributed by atoms with E-state index in [2.05, 4.69) is 0 Å². The Morgan fingerprint density at radius 3 is 1.18 bits per heavy atom. The maximum Gasteiger partial charge on any atom is 0.159 e. The lowest BCUT2D eigenvalue weighted by Gasteiger charge is -2.34. The van der Waals surface area contributed by atoms with Crippen LogP contribution in [-0.4, -0.2) is 75.6 Å². The fourth-order valence-corrected chi connectivity index (χ4v) is 3.56. The molecule has 0 heterocycles. The second kappa shape index (κ2) is 15.9. The Hall–Kier alpha value is -1.88. The van der Waals surface area contributed by atoms with Crippen molar-refractivity contribution in [2.24, 2.45) is 0 Å². The molecule has 0 aliphatic heterocycles. The van der Waals surface area contributed by atoms with Crippen LogP contribution in [0.2, 0.25) is 0 Å². The van der Waals surface area contributed by atoms with Crippen LogP contribution in [0.4, 0.5) is 0 Å². The van der Waals surface area contributed by atoms with E-state index in [9.17, 15) is 10.2 Å². The van der Waals surface area contributed by atoms with Gasteiger partial charge in [-0.15, -0.1) is 0 Å². The molecule has 0 saturated heterocycles. The average molecular weight is 479 g/mol. The van der Waals surface area contributed by atoms with E-state index in [1.165, 1.54) is 28.4 Å². The first kappa shape index (κ1) is 28.4. The summed E-state index contributed by atoms with van der Waals surface area (Å²) in [6.07, 6.45) is -4.95. The molecule has 2 aromatic carbocycles. The summed E-state index contributed by atoms with van der Waals surface area (Å²) in [6, 6.07) is 19.2. The zero-order valence-corrected chi connectivity index (χ0v) is 20.4. The molecule has 34 heavy (non-hydrogen) atoms. The molecule has 0 saturated carbocycles. The van der Waals surface area contributed by atoms with E-state index < -0.39 is 37.0 Å². The van der Waals surface area contributed by atoms with E-state index in [0.29, 0.717) is 0 Å². The van der Waals surface area contributed by atoms with E-state index in [1.54, 1.807) is 0 Å². The Labute approximate surface area is 202 Å². The molecule has 4 atom stereocenters. The molecule has 4 unspecified atom stereocenters. The van der Waals surface area contributed by atoms with Gasteiger partial charge < -0.3 is 38.6 Å². The van der Waals surface area contributed by atoms with E-state index in [-0.39, 0.29) is 26.1 Å². The minimum absolute atomic E-state index is 0.210. The second-order valence-corrected chi connectivity index (χ2v) is 7.92. The lowest BCUT2D eigenvalue weighted by Crippen LogP contribution is -2.48. The van der Waals surface area contributed by atoms with Gasteiger partial charge in [0.15, 0.2) is 12.6 Å². The van der Waals surface area contributed by atoms with Crippen molar-refractivity contribution in [3.8, 4) is 0 Å². The van der Waals surface area contributed by atoms with Crippen LogP contribution in [0, 0.1) is 0 Å². The van der Waals surface area contributed by atoms with Gasteiger partial charge in [0.2, 0.25) is 0 Å². The monoisotopic (exact) mass is 478 g/mol. The summed E-state index contributed by atoms with van der Waals surface area (Å²) in [6.45, 7) is 0.507. The lowest BCUT2D eigenvalue weighted by molar-refractivity contribution is -0.192. The molecule has 2 N–H and O–H groups in total. The summed E-state index contributed by atoms with van der Waals surface area (Å²) in [5.74, 6) is 0. The highest BCUT2D eigenvalue weighted by atomic mass is 16.7. The van der Waals surface area contributed by atoms with Gasteiger partial charge in [-0.05, 0) is 11.1 Å². The molecule has 0 aromatic heterocycles. The minimum Gasteiger partial charge on any atom is -0.388 e. The molecule has 8 nitrogen and oxygen atoms in total. The van der Waals surface area contributed by atoms with Gasteiger partial charge in [-0.1, -0.05) is 60.7 Å². The summed E-state index contributed by atoms with van der Waals surface area (Å²) in [5, 5.41) is 22.3. The summed E-state index contributed by atoms with van der Waals surface area (Å²) >= 11 is 0. The highest BCUT2D eigenvalue weighted by Crippen LogP contribution is 2.22. The van der Waals surface area contributed by atoms with Crippen molar-refractivity contribution in [1.82, 2.24) is 0 Å². The molecule has 2 aromatic rings. The number of benzene rings is 2. The summed E-state index contributed by atoms with van der Waals surface area (Å²) in [7, 11) is 6.05. The van der Waals surface area contributed by atoms with Crippen LogP contribution in [0.3, 0.4) is 0 Å². The standard InChI is InChI=1S/C26H38O8/c1-29-23(30-2)15-21(33-17-19-11-7-5-8-12-19)25(27)26(28)22(16-24(31-3)32-4)34-18-20-13-9-6-10-14-20/h5-14,21-28H,15-18H2,1-4H3. The van der Waals surface area contributed by atoms with E-state index in [4.69, 9.17) is 28.4 Å². The number of methoxy groups -OCH3 is 4. The highest BCUT2D eigenvalue weighted by Gasteiger charge is 2.36. The lowest BCUT2D eigenvalue weighted by atomic mass is 9.98. The van der Waals surface area contributed by atoms with Gasteiger partial charge in [0.05, 0.1) is 25.4 Å². The van der Waals surface area contributed by atoms with Gasteiger partial charge >= 0.3 is 0 Å². The van der Waals surface area contributed by atoms with Crippen molar-refractivity contribution in [3.05, 3.63) is 71.8 Å². The van der Waals surface area contributed by atoms with Crippen LogP contribution >= 0.6 is 0 Å². The van der Waals surface area contributed by atoms with Gasteiger partial charge in [-0.3, -0.25) is 0 Å². The molecule has 0 aliphatic carbocycles. The highest BCUT2D eigenvalue weighted by molar-refractivity contribution is 5.14. The predicted octanol–water partition coefficient (Wildman–Crippen LogP) is 2.90. The SMILES string of the molecule is COC(CC(OCc1ccccc1)C(O)C(O)C(CC(OC)OC)OCc1ccccc1)OC. The molecular formula is C26H38O8. The molecule has 0 amide bonds. The Balaban J connectivity index is 2.16. The molecular weight excluding hydrogens is 440 g/mol. The van der Waals surface area contributed by atoms with Gasteiger partial charge in [-0.25, -0.2) is 0 Å². The molecule has 2 rings (SSSR count). The van der Waals surface area contributed by atoms with E-state index >= 15 is 0 Å². The van der Waals surface area contributed by atoms with Crippen molar-refractivity contribution in [2.45, 2.75) is 63.1 Å². The summed E-state index contributed by atoms with van der Waals surface area (Å²) < 4.78 is 33.3. The number of hydrogen-bond donors (Lipinski definition) is 2. The molecule has 0 radical (unpaired) electrons. The van der Waals surface area contributed by atoms with Crippen molar-refractivity contribution < 1.29 is 38.6 Å². The van der Waals surface area contributed by atoms with Gasteiger partial charge in [0.25, 0.3) is 0 Å². The fraction of sp³-hybridized carbons (Fsp3) is 0.538. The van der Waals surface area contributed by atoms with Gasteiger partial charge in [0.1, 0.15) is 12.2 Å². The Bertz CT molecular complexity index is 686. The van der Waals surface area contributed by atoms with Gasteiger partial charge in [0, 0.05) is 41.3 Å². The normalized spacial score (nSPS) is 15.4. The topological polar surface area (TPSA) is 95.8 Å². The number of ether oxygens (including phenoxy) is 6. The molecule has 0 aliphatic rings. The smallest absolute Gasteiger partial charge is 0.159 e. The van der Waals surface area contributed by atoms with Crippen LogP contribution in [0.5, 0.6) is 0 Å². The number of hydrogen-bond acceptors (Lipinski definition) is 8.